The maximum atomic E-state index is 14.8. The number of rotatable bonds is 8. The quantitative estimate of drug-likeness (QED) is 0.387. The minimum atomic E-state index is -0.709. The molecule has 0 radical (unpaired) electrons. The van der Waals surface area contributed by atoms with E-state index < -0.39 is 17.5 Å². The molecule has 0 saturated carbocycles. The Bertz CT molecular complexity index is 1440. The van der Waals surface area contributed by atoms with Gasteiger partial charge in [-0.3, -0.25) is 4.79 Å². The predicted molar refractivity (Wildman–Crippen MR) is 133 cm³/mol. The van der Waals surface area contributed by atoms with Crippen molar-refractivity contribution in [3.8, 4) is 11.5 Å². The predicted octanol–water partition coefficient (Wildman–Crippen LogP) is 4.52. The van der Waals surface area contributed by atoms with Crippen molar-refractivity contribution in [2.45, 2.75) is 19.9 Å². The number of benzene rings is 2. The third kappa shape index (κ3) is 4.66. The van der Waals surface area contributed by atoms with Crippen LogP contribution in [0.2, 0.25) is 0 Å². The van der Waals surface area contributed by atoms with Crippen molar-refractivity contribution >= 4 is 28.4 Å². The maximum absolute atomic E-state index is 14.8. The van der Waals surface area contributed by atoms with Crippen LogP contribution in [0.1, 0.15) is 28.5 Å². The molecule has 4 rings (SSSR count). The monoisotopic (exact) mass is 495 g/mol. The molecule has 36 heavy (non-hydrogen) atoms. The molecule has 1 amide bonds. The van der Waals surface area contributed by atoms with Crippen LogP contribution < -0.4 is 19.7 Å². The van der Waals surface area contributed by atoms with Gasteiger partial charge in [0.1, 0.15) is 34.5 Å². The first-order valence-corrected chi connectivity index (χ1v) is 11.3. The molecule has 2 aromatic carbocycles. The highest BCUT2D eigenvalue weighted by Gasteiger charge is 2.22. The molecule has 0 unspecified atom stereocenters. The van der Waals surface area contributed by atoms with E-state index in [1.807, 2.05) is 6.92 Å². The molecule has 4 aromatic rings. The number of imidazole rings is 1. The van der Waals surface area contributed by atoms with Crippen LogP contribution in [-0.2, 0) is 20.0 Å². The summed E-state index contributed by atoms with van der Waals surface area (Å²) in [6.45, 7) is 1.99. The minimum absolute atomic E-state index is 0.0861. The molecule has 0 atom stereocenters. The molecule has 2 aromatic heterocycles. The fraction of sp³-hybridized carbons (Fsp3) is 0.269. The van der Waals surface area contributed by atoms with Crippen molar-refractivity contribution in [2.75, 3.05) is 26.2 Å². The van der Waals surface area contributed by atoms with E-state index in [9.17, 15) is 13.6 Å². The van der Waals surface area contributed by atoms with Gasteiger partial charge in [0, 0.05) is 44.4 Å². The van der Waals surface area contributed by atoms with Crippen LogP contribution in [0.25, 0.3) is 11.0 Å². The van der Waals surface area contributed by atoms with E-state index in [-0.39, 0.29) is 17.9 Å². The van der Waals surface area contributed by atoms with Crippen molar-refractivity contribution in [2.24, 2.45) is 7.05 Å². The van der Waals surface area contributed by atoms with Gasteiger partial charge >= 0.3 is 0 Å². The van der Waals surface area contributed by atoms with Crippen LogP contribution in [0.5, 0.6) is 11.5 Å². The molecule has 0 aliphatic rings. The summed E-state index contributed by atoms with van der Waals surface area (Å²) in [5, 5.41) is 2.86. The van der Waals surface area contributed by atoms with Gasteiger partial charge < -0.3 is 24.3 Å². The summed E-state index contributed by atoms with van der Waals surface area (Å²) in [7, 11) is 6.52. The van der Waals surface area contributed by atoms with Crippen molar-refractivity contribution in [3.63, 3.8) is 0 Å². The van der Waals surface area contributed by atoms with Gasteiger partial charge in [-0.05, 0) is 30.2 Å². The summed E-state index contributed by atoms with van der Waals surface area (Å²) in [6, 6.07) is 9.16. The molecule has 1 N–H and O–H groups in total. The normalized spacial score (nSPS) is 11.0. The lowest BCUT2D eigenvalue weighted by atomic mass is 10.1. The maximum Gasteiger partial charge on any atom is 0.272 e. The van der Waals surface area contributed by atoms with E-state index in [0.29, 0.717) is 40.3 Å². The molecular formula is C26H27F2N5O3. The number of nitrogens with zero attached hydrogens (tertiary/aromatic N) is 4. The SMILES string of the molecule is CCc1cc(F)cc(F)c1N(C)c1cc2c(ncn2C)c(C(=O)NCc2ccc(OC)cc2OC)n1. The molecule has 0 aliphatic heterocycles. The van der Waals surface area contributed by atoms with Gasteiger partial charge in [-0.1, -0.05) is 6.92 Å². The van der Waals surface area contributed by atoms with Crippen molar-refractivity contribution in [1.82, 2.24) is 19.9 Å². The number of hydrogen-bond donors (Lipinski definition) is 1. The second-order valence-corrected chi connectivity index (χ2v) is 8.22. The van der Waals surface area contributed by atoms with E-state index in [1.165, 1.54) is 18.1 Å². The highest BCUT2D eigenvalue weighted by Crippen LogP contribution is 2.32. The van der Waals surface area contributed by atoms with Crippen LogP contribution >= 0.6 is 0 Å². The lowest BCUT2D eigenvalue weighted by Crippen LogP contribution is -2.25. The van der Waals surface area contributed by atoms with E-state index in [2.05, 4.69) is 15.3 Å². The van der Waals surface area contributed by atoms with Crippen LogP contribution in [0, 0.1) is 11.6 Å². The van der Waals surface area contributed by atoms with Gasteiger partial charge in [0.05, 0.1) is 31.8 Å². The number of methoxy groups -OCH3 is 2. The van der Waals surface area contributed by atoms with Crippen LogP contribution in [0.4, 0.5) is 20.3 Å². The number of aromatic nitrogens is 3. The molecule has 188 valence electrons. The number of amides is 1. The second-order valence-electron chi connectivity index (χ2n) is 8.22. The van der Waals surface area contributed by atoms with Gasteiger partial charge in [0.25, 0.3) is 5.91 Å². The smallest absolute Gasteiger partial charge is 0.272 e. The zero-order valence-corrected chi connectivity index (χ0v) is 20.7. The Labute approximate surface area is 207 Å². The van der Waals surface area contributed by atoms with Gasteiger partial charge in [0.15, 0.2) is 5.69 Å². The van der Waals surface area contributed by atoms with E-state index in [1.54, 1.807) is 56.4 Å². The molecule has 8 nitrogen and oxygen atoms in total. The highest BCUT2D eigenvalue weighted by molar-refractivity contribution is 6.04. The lowest BCUT2D eigenvalue weighted by Gasteiger charge is -2.23. The van der Waals surface area contributed by atoms with Gasteiger partial charge in [-0.2, -0.15) is 0 Å². The summed E-state index contributed by atoms with van der Waals surface area (Å²) >= 11 is 0. The number of halogens is 2. The molecule has 0 fully saturated rings. The van der Waals surface area contributed by atoms with E-state index in [0.717, 1.165) is 11.6 Å². The number of pyridine rings is 1. The number of ether oxygens (including phenoxy) is 2. The molecular weight excluding hydrogens is 468 g/mol. The Balaban J connectivity index is 1.71. The Hall–Kier alpha value is -4.21. The summed E-state index contributed by atoms with van der Waals surface area (Å²) in [4.78, 5) is 23.7. The second kappa shape index (κ2) is 10.2. The minimum Gasteiger partial charge on any atom is -0.497 e. The van der Waals surface area contributed by atoms with Crippen molar-refractivity contribution in [1.29, 1.82) is 0 Å². The van der Waals surface area contributed by atoms with Crippen molar-refractivity contribution in [3.05, 3.63) is 71.2 Å². The Kier molecular flexibility index (Phi) is 7.05. The molecule has 0 saturated heterocycles. The number of anilines is 2. The highest BCUT2D eigenvalue weighted by atomic mass is 19.1. The lowest BCUT2D eigenvalue weighted by molar-refractivity contribution is 0.0947. The first-order valence-electron chi connectivity index (χ1n) is 11.3. The van der Waals surface area contributed by atoms with E-state index in [4.69, 9.17) is 9.47 Å². The van der Waals surface area contributed by atoms with Crippen LogP contribution in [0.3, 0.4) is 0 Å². The summed E-state index contributed by atoms with van der Waals surface area (Å²) in [6.07, 6.45) is 1.99. The van der Waals surface area contributed by atoms with Gasteiger partial charge in [-0.15, -0.1) is 0 Å². The molecule has 0 spiro atoms. The third-order valence-electron chi connectivity index (χ3n) is 6.01. The average Bonchev–Trinajstić information content (AvgIpc) is 3.26. The molecule has 0 aliphatic carbocycles. The first kappa shape index (κ1) is 24.9. The number of aryl methyl sites for hydroxylation is 2. The molecule has 10 heteroatoms. The number of carbonyl (C=O) groups is 1. The number of hydrogen-bond acceptors (Lipinski definition) is 6. The Morgan fingerprint density at radius 1 is 1.11 bits per heavy atom. The number of nitrogens with one attached hydrogen (secondary N) is 1. The topological polar surface area (TPSA) is 81.5 Å². The zero-order valence-electron chi connectivity index (χ0n) is 20.7. The standard InChI is InChI=1S/C26H27F2N5O3/c1-6-15-9-17(27)10-19(28)25(15)33(3)22-12-20-23(30-14-32(20)2)24(31-22)26(34)29-13-16-7-8-18(35-4)11-21(16)36-5/h7-12,14H,6,13H2,1-5H3,(H,29,34). The summed E-state index contributed by atoms with van der Waals surface area (Å²) in [5.41, 5.74) is 2.56. The number of carbonyl (C=O) groups excluding carboxylic acids is 1. The summed E-state index contributed by atoms with van der Waals surface area (Å²) < 4.78 is 41.0. The third-order valence-corrected chi connectivity index (χ3v) is 6.01. The Morgan fingerprint density at radius 3 is 2.58 bits per heavy atom. The van der Waals surface area contributed by atoms with Crippen LogP contribution in [-0.4, -0.2) is 41.7 Å². The molecule has 0 bridgehead atoms. The first-order chi connectivity index (χ1) is 17.3. The fourth-order valence-electron chi connectivity index (χ4n) is 4.08. The zero-order chi connectivity index (χ0) is 26.0. The van der Waals surface area contributed by atoms with Gasteiger partial charge in [0.2, 0.25) is 0 Å². The average molecular weight is 496 g/mol. The summed E-state index contributed by atoms with van der Waals surface area (Å²) in [5.74, 6) is -0.294. The van der Waals surface area contributed by atoms with Crippen LogP contribution in [0.15, 0.2) is 42.7 Å². The Morgan fingerprint density at radius 2 is 1.89 bits per heavy atom. The van der Waals surface area contributed by atoms with Gasteiger partial charge in [-0.25, -0.2) is 18.7 Å². The molecule has 2 heterocycles. The fourth-order valence-corrected chi connectivity index (χ4v) is 4.08. The van der Waals surface area contributed by atoms with Crippen molar-refractivity contribution < 1.29 is 23.0 Å². The number of fused-ring (bicyclic) bond motifs is 1. The largest absolute Gasteiger partial charge is 0.497 e. The van der Waals surface area contributed by atoms with E-state index >= 15 is 0 Å².